The second kappa shape index (κ2) is 5.53. The van der Waals surface area contributed by atoms with Crippen molar-refractivity contribution in [2.24, 2.45) is 0 Å². The summed E-state index contributed by atoms with van der Waals surface area (Å²) >= 11 is 0. The molecule has 1 aromatic carbocycles. The van der Waals surface area contributed by atoms with Gasteiger partial charge in [-0.1, -0.05) is 29.8 Å². The first kappa shape index (κ1) is 13.1. The maximum Gasteiger partial charge on any atom is 0.227 e. The number of morpholine rings is 1. The van der Waals surface area contributed by atoms with Crippen molar-refractivity contribution >= 4 is 5.91 Å². The number of rotatable bonds is 2. The first-order valence-corrected chi connectivity index (χ1v) is 6.54. The van der Waals surface area contributed by atoms with Crippen LogP contribution in [0.4, 0.5) is 0 Å². The molecule has 2 unspecified atom stereocenters. The Balaban J connectivity index is 2.03. The number of hydrogen-bond acceptors (Lipinski definition) is 2. The third-order valence-electron chi connectivity index (χ3n) is 3.64. The third-order valence-corrected chi connectivity index (χ3v) is 3.64. The van der Waals surface area contributed by atoms with Crippen molar-refractivity contribution in [3.05, 3.63) is 35.4 Å². The number of carbonyl (C=O) groups is 1. The van der Waals surface area contributed by atoms with Gasteiger partial charge in [-0.2, -0.15) is 0 Å². The zero-order valence-corrected chi connectivity index (χ0v) is 11.3. The second-order valence-electron chi connectivity index (χ2n) is 5.07. The maximum absolute atomic E-state index is 12.3. The molecule has 1 heterocycles. The fraction of sp³-hybridized carbons (Fsp3) is 0.533. The van der Waals surface area contributed by atoms with Gasteiger partial charge in [-0.05, 0) is 26.3 Å². The van der Waals surface area contributed by atoms with E-state index < -0.39 is 0 Å². The minimum atomic E-state index is 0.125. The zero-order valence-electron chi connectivity index (χ0n) is 11.3. The summed E-state index contributed by atoms with van der Waals surface area (Å²) in [4.78, 5) is 14.2. The molecule has 1 aromatic rings. The molecule has 0 N–H and O–H groups in total. The molecule has 0 bridgehead atoms. The van der Waals surface area contributed by atoms with E-state index in [2.05, 4.69) is 13.0 Å². The average molecular weight is 247 g/mol. The summed E-state index contributed by atoms with van der Waals surface area (Å²) < 4.78 is 5.55. The van der Waals surface area contributed by atoms with Crippen molar-refractivity contribution in [2.75, 3.05) is 13.2 Å². The van der Waals surface area contributed by atoms with Crippen LogP contribution in [0.25, 0.3) is 0 Å². The normalized spacial score (nSPS) is 24.1. The summed E-state index contributed by atoms with van der Waals surface area (Å²) in [5, 5.41) is 0. The Kier molecular flexibility index (Phi) is 4.02. The predicted molar refractivity (Wildman–Crippen MR) is 71.5 cm³/mol. The molecule has 1 amide bonds. The molecule has 1 aliphatic rings. The minimum absolute atomic E-state index is 0.125. The highest BCUT2D eigenvalue weighted by Gasteiger charge is 2.28. The van der Waals surface area contributed by atoms with Crippen LogP contribution >= 0.6 is 0 Å². The van der Waals surface area contributed by atoms with Crippen LogP contribution in [0.5, 0.6) is 0 Å². The van der Waals surface area contributed by atoms with Crippen molar-refractivity contribution in [3.8, 4) is 0 Å². The van der Waals surface area contributed by atoms with Gasteiger partial charge in [0, 0.05) is 6.54 Å². The highest BCUT2D eigenvalue weighted by molar-refractivity contribution is 5.79. The SMILES string of the molecule is Cc1cccc(CC(=O)N2CCOC(C)C2C)c1. The molecular weight excluding hydrogens is 226 g/mol. The standard InChI is InChI=1S/C15H21NO2/c1-11-5-4-6-14(9-11)10-15(17)16-7-8-18-13(3)12(16)2/h4-6,9,12-13H,7-8,10H2,1-3H3. The van der Waals surface area contributed by atoms with Crippen molar-refractivity contribution in [3.63, 3.8) is 0 Å². The van der Waals surface area contributed by atoms with Gasteiger partial charge in [-0.25, -0.2) is 0 Å². The second-order valence-corrected chi connectivity index (χ2v) is 5.07. The van der Waals surface area contributed by atoms with E-state index in [9.17, 15) is 4.79 Å². The van der Waals surface area contributed by atoms with Gasteiger partial charge in [0.05, 0.1) is 25.2 Å². The highest BCUT2D eigenvalue weighted by atomic mass is 16.5. The quantitative estimate of drug-likeness (QED) is 0.801. The molecule has 0 aliphatic carbocycles. The van der Waals surface area contributed by atoms with Crippen molar-refractivity contribution in [2.45, 2.75) is 39.3 Å². The molecule has 1 aliphatic heterocycles. The monoisotopic (exact) mass is 247 g/mol. The Labute approximate surface area is 109 Å². The van der Waals surface area contributed by atoms with Crippen molar-refractivity contribution < 1.29 is 9.53 Å². The Morgan fingerprint density at radius 1 is 1.44 bits per heavy atom. The molecule has 98 valence electrons. The van der Waals surface area contributed by atoms with Gasteiger partial charge in [-0.3, -0.25) is 4.79 Å². The lowest BCUT2D eigenvalue weighted by molar-refractivity contribution is -0.143. The van der Waals surface area contributed by atoms with Gasteiger partial charge in [-0.15, -0.1) is 0 Å². The zero-order chi connectivity index (χ0) is 13.1. The lowest BCUT2D eigenvalue weighted by atomic mass is 10.1. The molecule has 0 radical (unpaired) electrons. The molecule has 3 heteroatoms. The van der Waals surface area contributed by atoms with Gasteiger partial charge < -0.3 is 9.64 Å². The van der Waals surface area contributed by atoms with Crippen LogP contribution in [0, 0.1) is 6.92 Å². The minimum Gasteiger partial charge on any atom is -0.375 e. The summed E-state index contributed by atoms with van der Waals surface area (Å²) in [6.45, 7) is 7.48. The highest BCUT2D eigenvalue weighted by Crippen LogP contribution is 2.15. The van der Waals surface area contributed by atoms with Crippen LogP contribution in [0.1, 0.15) is 25.0 Å². The summed E-state index contributed by atoms with van der Waals surface area (Å²) in [5.41, 5.74) is 2.29. The number of nitrogens with zero attached hydrogens (tertiary/aromatic N) is 1. The van der Waals surface area contributed by atoms with E-state index in [1.807, 2.05) is 36.9 Å². The molecule has 2 atom stereocenters. The van der Waals surface area contributed by atoms with Crippen molar-refractivity contribution in [1.29, 1.82) is 0 Å². The first-order chi connectivity index (χ1) is 8.58. The van der Waals surface area contributed by atoms with Gasteiger partial charge in [0.2, 0.25) is 5.91 Å². The fourth-order valence-corrected chi connectivity index (χ4v) is 2.38. The molecule has 0 saturated carbocycles. The molecule has 1 fully saturated rings. The average Bonchev–Trinajstić information content (AvgIpc) is 2.32. The molecule has 2 rings (SSSR count). The summed E-state index contributed by atoms with van der Waals surface area (Å²) in [6, 6.07) is 8.30. The number of amides is 1. The predicted octanol–water partition coefficient (Wildman–Crippen LogP) is 2.17. The summed E-state index contributed by atoms with van der Waals surface area (Å²) in [6.07, 6.45) is 0.610. The smallest absolute Gasteiger partial charge is 0.227 e. The van der Waals surface area contributed by atoms with E-state index >= 15 is 0 Å². The van der Waals surface area contributed by atoms with Crippen LogP contribution in [-0.4, -0.2) is 36.1 Å². The first-order valence-electron chi connectivity index (χ1n) is 6.54. The number of hydrogen-bond donors (Lipinski definition) is 0. The van der Waals surface area contributed by atoms with Crippen LogP contribution in [0.3, 0.4) is 0 Å². The van der Waals surface area contributed by atoms with Crippen LogP contribution < -0.4 is 0 Å². The molecule has 1 saturated heterocycles. The maximum atomic E-state index is 12.3. The van der Waals surface area contributed by atoms with E-state index in [0.29, 0.717) is 19.6 Å². The number of benzene rings is 1. The number of carbonyl (C=O) groups excluding carboxylic acids is 1. The van der Waals surface area contributed by atoms with E-state index in [0.717, 1.165) is 5.56 Å². The van der Waals surface area contributed by atoms with E-state index in [1.54, 1.807) is 0 Å². The molecule has 0 spiro atoms. The number of ether oxygens (including phenoxy) is 1. The van der Waals surface area contributed by atoms with E-state index in [4.69, 9.17) is 4.74 Å². The summed E-state index contributed by atoms with van der Waals surface area (Å²) in [5.74, 6) is 0.197. The van der Waals surface area contributed by atoms with Crippen LogP contribution in [0.15, 0.2) is 24.3 Å². The van der Waals surface area contributed by atoms with Gasteiger partial charge >= 0.3 is 0 Å². The van der Waals surface area contributed by atoms with Crippen molar-refractivity contribution in [1.82, 2.24) is 4.90 Å². The molecule has 3 nitrogen and oxygen atoms in total. The van der Waals surface area contributed by atoms with Gasteiger partial charge in [0.15, 0.2) is 0 Å². The Bertz CT molecular complexity index is 430. The van der Waals surface area contributed by atoms with Crippen LogP contribution in [-0.2, 0) is 16.0 Å². The molecule has 0 aromatic heterocycles. The van der Waals surface area contributed by atoms with Gasteiger partial charge in [0.1, 0.15) is 0 Å². The Morgan fingerprint density at radius 2 is 2.22 bits per heavy atom. The Morgan fingerprint density at radius 3 is 2.94 bits per heavy atom. The van der Waals surface area contributed by atoms with E-state index in [1.165, 1.54) is 5.56 Å². The van der Waals surface area contributed by atoms with Gasteiger partial charge in [0.25, 0.3) is 0 Å². The topological polar surface area (TPSA) is 29.5 Å². The van der Waals surface area contributed by atoms with E-state index in [-0.39, 0.29) is 18.1 Å². The summed E-state index contributed by atoms with van der Waals surface area (Å²) in [7, 11) is 0. The fourth-order valence-electron chi connectivity index (χ4n) is 2.38. The Hall–Kier alpha value is -1.35. The third kappa shape index (κ3) is 2.91. The van der Waals surface area contributed by atoms with Crippen LogP contribution in [0.2, 0.25) is 0 Å². The molecule has 18 heavy (non-hydrogen) atoms. The largest absolute Gasteiger partial charge is 0.375 e. The lowest BCUT2D eigenvalue weighted by Gasteiger charge is -2.38. The lowest BCUT2D eigenvalue weighted by Crippen LogP contribution is -2.51. The number of aryl methyl sites for hydroxylation is 1. The molecular formula is C15H21NO2.